The summed E-state index contributed by atoms with van der Waals surface area (Å²) < 4.78 is 18.5. The van der Waals surface area contributed by atoms with Crippen molar-refractivity contribution in [2.24, 2.45) is 4.40 Å². The van der Waals surface area contributed by atoms with Crippen LogP contribution >= 0.6 is 15.9 Å². The zero-order valence-electron chi connectivity index (χ0n) is 12.4. The van der Waals surface area contributed by atoms with Crippen LogP contribution in [0.1, 0.15) is 33.3 Å². The molecule has 0 saturated carbocycles. The van der Waals surface area contributed by atoms with Crippen molar-refractivity contribution in [2.75, 3.05) is 0 Å². The molecule has 0 amide bonds. The Labute approximate surface area is 135 Å². The van der Waals surface area contributed by atoms with Crippen LogP contribution in [0.25, 0.3) is 5.69 Å². The summed E-state index contributed by atoms with van der Waals surface area (Å²) in [6.45, 7) is 7.54. The average Bonchev–Trinajstić information content (AvgIpc) is 2.87. The summed E-state index contributed by atoms with van der Waals surface area (Å²) in [4.78, 5) is 4.11. The molecule has 0 aromatic carbocycles. The Morgan fingerprint density at radius 1 is 1.33 bits per heavy atom. The molecule has 21 heavy (non-hydrogen) atoms. The number of rotatable bonds is 3. The highest BCUT2D eigenvalue weighted by Crippen LogP contribution is 2.16. The number of pyridine rings is 1. The van der Waals surface area contributed by atoms with Gasteiger partial charge in [-0.05, 0) is 49.7 Å². The van der Waals surface area contributed by atoms with Gasteiger partial charge >= 0.3 is 0 Å². The second-order valence-corrected chi connectivity index (χ2v) is 8.39. The lowest BCUT2D eigenvalue weighted by Gasteiger charge is -2.13. The fourth-order valence-electron chi connectivity index (χ4n) is 1.49. The topological polar surface area (TPSA) is 60.1 Å². The molecule has 112 valence electrons. The third kappa shape index (κ3) is 4.07. The predicted octanol–water partition coefficient (Wildman–Crippen LogP) is 3.30. The van der Waals surface area contributed by atoms with Crippen molar-refractivity contribution in [3.8, 4) is 5.69 Å². The lowest BCUT2D eigenvalue weighted by atomic mass is 10.2. The lowest BCUT2D eigenvalue weighted by Crippen LogP contribution is -2.20. The molecule has 1 atom stereocenters. The van der Waals surface area contributed by atoms with Gasteiger partial charge in [0.05, 0.1) is 28.5 Å². The normalized spacial score (nSPS) is 14.2. The van der Waals surface area contributed by atoms with Gasteiger partial charge in [0.25, 0.3) is 0 Å². The van der Waals surface area contributed by atoms with E-state index in [1.807, 2.05) is 40.0 Å². The van der Waals surface area contributed by atoms with Crippen molar-refractivity contribution in [3.63, 3.8) is 0 Å². The Balaban J connectivity index is 2.28. The van der Waals surface area contributed by atoms with Gasteiger partial charge < -0.3 is 0 Å². The van der Waals surface area contributed by atoms with Crippen LogP contribution < -0.4 is 0 Å². The molecule has 5 nitrogen and oxygen atoms in total. The highest BCUT2D eigenvalue weighted by molar-refractivity contribution is 9.10. The maximum atomic E-state index is 12.0. The minimum atomic E-state index is -1.28. The fourth-order valence-corrected chi connectivity index (χ4v) is 2.47. The highest BCUT2D eigenvalue weighted by Gasteiger charge is 2.19. The molecule has 0 N–H and O–H groups in total. The second-order valence-electron chi connectivity index (χ2n) is 5.57. The van der Waals surface area contributed by atoms with E-state index in [0.29, 0.717) is 5.71 Å². The summed E-state index contributed by atoms with van der Waals surface area (Å²) in [5, 5.41) is 4.29. The van der Waals surface area contributed by atoms with E-state index in [0.717, 1.165) is 15.7 Å². The summed E-state index contributed by atoms with van der Waals surface area (Å²) in [5.41, 5.74) is 2.39. The molecule has 7 heteroatoms. The van der Waals surface area contributed by atoms with E-state index in [2.05, 4.69) is 30.4 Å². The molecule has 0 fully saturated rings. The van der Waals surface area contributed by atoms with Gasteiger partial charge in [-0.15, -0.1) is 0 Å². The van der Waals surface area contributed by atoms with Gasteiger partial charge in [-0.3, -0.25) is 4.98 Å². The van der Waals surface area contributed by atoms with Crippen LogP contribution in [0.5, 0.6) is 0 Å². The molecule has 1 unspecified atom stereocenters. The van der Waals surface area contributed by atoms with Crippen molar-refractivity contribution >= 4 is 32.6 Å². The van der Waals surface area contributed by atoms with E-state index >= 15 is 0 Å². The fraction of sp³-hybridized carbons (Fsp3) is 0.357. The molecule has 0 aliphatic rings. The van der Waals surface area contributed by atoms with Crippen LogP contribution in [0, 0.1) is 0 Å². The van der Waals surface area contributed by atoms with Gasteiger partial charge in [0, 0.05) is 22.4 Å². The Hall–Kier alpha value is -1.34. The molecule has 2 heterocycles. The monoisotopic (exact) mass is 368 g/mol. The first-order valence-corrected chi connectivity index (χ1v) is 8.30. The zero-order chi connectivity index (χ0) is 15.6. The van der Waals surface area contributed by atoms with Gasteiger partial charge in [-0.25, -0.2) is 8.89 Å². The van der Waals surface area contributed by atoms with E-state index in [1.165, 1.54) is 0 Å². The summed E-state index contributed by atoms with van der Waals surface area (Å²) in [5.74, 6) is 0. The number of nitrogens with zero attached hydrogens (tertiary/aromatic N) is 4. The predicted molar refractivity (Wildman–Crippen MR) is 89.2 cm³/mol. The minimum Gasteiger partial charge on any atom is -0.261 e. The van der Waals surface area contributed by atoms with Crippen molar-refractivity contribution < 1.29 is 4.21 Å². The summed E-state index contributed by atoms with van der Waals surface area (Å²) in [6, 6.07) is 1.92. The molecule has 2 rings (SSSR count). The van der Waals surface area contributed by atoms with Crippen LogP contribution in [0.2, 0.25) is 0 Å². The largest absolute Gasteiger partial charge is 0.261 e. The third-order valence-corrected chi connectivity index (χ3v) is 4.62. The molecule has 0 bridgehead atoms. The van der Waals surface area contributed by atoms with Crippen molar-refractivity contribution in [2.45, 2.75) is 32.4 Å². The summed E-state index contributed by atoms with van der Waals surface area (Å²) in [6.07, 6.45) is 7.00. The first kappa shape index (κ1) is 16.0. The molecule has 0 saturated heterocycles. The summed E-state index contributed by atoms with van der Waals surface area (Å²) >= 11 is 3.38. The SMILES string of the molecule is C/C(=N\S(=O)C(C)(C)C)c1cnn(-c2cncc(Br)c2)c1. The van der Waals surface area contributed by atoms with Gasteiger partial charge in [0.15, 0.2) is 0 Å². The number of aromatic nitrogens is 3. The zero-order valence-corrected chi connectivity index (χ0v) is 14.8. The molecule has 0 spiro atoms. The number of hydrogen-bond donors (Lipinski definition) is 0. The minimum absolute atomic E-state index is 0.370. The molecule has 0 aliphatic carbocycles. The van der Waals surface area contributed by atoms with Crippen molar-refractivity contribution in [1.82, 2.24) is 14.8 Å². The van der Waals surface area contributed by atoms with Crippen LogP contribution in [0.15, 0.2) is 39.7 Å². The number of halogens is 1. The van der Waals surface area contributed by atoms with E-state index in [9.17, 15) is 4.21 Å². The quantitative estimate of drug-likeness (QED) is 0.780. The second kappa shape index (κ2) is 6.19. The highest BCUT2D eigenvalue weighted by atomic mass is 79.9. The molecule has 2 aromatic heterocycles. The number of hydrogen-bond acceptors (Lipinski definition) is 3. The van der Waals surface area contributed by atoms with Gasteiger partial charge in [0.1, 0.15) is 11.0 Å². The van der Waals surface area contributed by atoms with Crippen molar-refractivity contribution in [1.29, 1.82) is 0 Å². The third-order valence-electron chi connectivity index (χ3n) is 2.70. The Bertz CT molecular complexity index is 703. The standard InChI is InChI=1S/C14H17BrN4OS/c1-10(18-21(20)14(2,3)4)11-6-17-19(9-11)13-5-12(15)7-16-8-13/h5-9H,1-4H3/b18-10+. The molecule has 0 radical (unpaired) electrons. The van der Waals surface area contributed by atoms with E-state index in [4.69, 9.17) is 0 Å². The molecular formula is C14H17BrN4OS. The van der Waals surface area contributed by atoms with E-state index in [1.54, 1.807) is 23.3 Å². The Morgan fingerprint density at radius 2 is 2.05 bits per heavy atom. The first-order valence-electron chi connectivity index (χ1n) is 6.40. The van der Waals surface area contributed by atoms with E-state index in [-0.39, 0.29) is 4.75 Å². The van der Waals surface area contributed by atoms with E-state index < -0.39 is 11.0 Å². The maximum Gasteiger partial charge on any atom is 0.145 e. The summed E-state index contributed by atoms with van der Waals surface area (Å²) in [7, 11) is -1.28. The maximum absolute atomic E-state index is 12.0. The van der Waals surface area contributed by atoms with Gasteiger partial charge in [0.2, 0.25) is 0 Å². The van der Waals surface area contributed by atoms with Gasteiger partial charge in [-0.1, -0.05) is 0 Å². The lowest BCUT2D eigenvalue weighted by molar-refractivity contribution is 0.650. The Morgan fingerprint density at radius 3 is 2.67 bits per heavy atom. The van der Waals surface area contributed by atoms with Crippen LogP contribution in [0.4, 0.5) is 0 Å². The smallest absolute Gasteiger partial charge is 0.145 e. The van der Waals surface area contributed by atoms with Crippen LogP contribution in [-0.4, -0.2) is 29.4 Å². The molecule has 2 aromatic rings. The van der Waals surface area contributed by atoms with Crippen molar-refractivity contribution in [3.05, 3.63) is 40.9 Å². The van der Waals surface area contributed by atoms with Gasteiger partial charge in [-0.2, -0.15) is 9.50 Å². The molecular weight excluding hydrogens is 352 g/mol. The Kier molecular flexibility index (Phi) is 4.73. The molecule has 0 aliphatic heterocycles. The first-order chi connectivity index (χ1) is 9.77. The average molecular weight is 369 g/mol. The van der Waals surface area contributed by atoms with Crippen LogP contribution in [0.3, 0.4) is 0 Å². The van der Waals surface area contributed by atoms with Crippen LogP contribution in [-0.2, 0) is 11.0 Å².